The highest BCUT2D eigenvalue weighted by Gasteiger charge is 2.16. The third-order valence-corrected chi connectivity index (χ3v) is 4.03. The second-order valence-electron chi connectivity index (χ2n) is 6.18. The predicted molar refractivity (Wildman–Crippen MR) is 97.8 cm³/mol. The molecule has 0 aliphatic carbocycles. The Morgan fingerprint density at radius 2 is 1.77 bits per heavy atom. The standard InChI is InChI=1S/C19H21N3O4/c1-13-4-7-15(8-5-13)12-21(3)18(23)11-20-19(24)16-9-6-14(2)17(10-16)22(25)26/h4-10H,11-12H2,1-3H3,(H,20,24). The van der Waals surface area contributed by atoms with Crippen LogP contribution in [0.3, 0.4) is 0 Å². The summed E-state index contributed by atoms with van der Waals surface area (Å²) in [5.41, 5.74) is 2.63. The number of hydrogen-bond donors (Lipinski definition) is 1. The number of nitro groups is 1. The van der Waals surface area contributed by atoms with Crippen molar-refractivity contribution in [3.63, 3.8) is 0 Å². The molecule has 0 saturated carbocycles. The van der Waals surface area contributed by atoms with E-state index in [-0.39, 0.29) is 23.7 Å². The lowest BCUT2D eigenvalue weighted by Gasteiger charge is -2.17. The quantitative estimate of drug-likeness (QED) is 0.637. The van der Waals surface area contributed by atoms with E-state index in [1.54, 1.807) is 14.0 Å². The molecule has 2 aromatic carbocycles. The molecule has 136 valence electrons. The van der Waals surface area contributed by atoms with Crippen molar-refractivity contribution in [3.05, 3.63) is 74.8 Å². The summed E-state index contributed by atoms with van der Waals surface area (Å²) >= 11 is 0. The average Bonchev–Trinajstić information content (AvgIpc) is 2.61. The number of carbonyl (C=O) groups excluding carboxylic acids is 2. The first kappa shape index (κ1) is 19.1. The summed E-state index contributed by atoms with van der Waals surface area (Å²) in [4.78, 5) is 36.3. The summed E-state index contributed by atoms with van der Waals surface area (Å²) in [5.74, 6) is -0.772. The molecule has 0 atom stereocenters. The lowest BCUT2D eigenvalue weighted by Crippen LogP contribution is -2.37. The van der Waals surface area contributed by atoms with Crippen LogP contribution in [-0.4, -0.2) is 35.2 Å². The Bertz CT molecular complexity index is 831. The fourth-order valence-corrected chi connectivity index (χ4v) is 2.40. The highest BCUT2D eigenvalue weighted by atomic mass is 16.6. The van der Waals surface area contributed by atoms with Gasteiger partial charge in [0.2, 0.25) is 5.91 Å². The second kappa shape index (κ2) is 8.24. The van der Waals surface area contributed by atoms with E-state index in [0.29, 0.717) is 12.1 Å². The van der Waals surface area contributed by atoms with Crippen LogP contribution in [0.5, 0.6) is 0 Å². The van der Waals surface area contributed by atoms with Crippen molar-refractivity contribution in [2.45, 2.75) is 20.4 Å². The Kier molecular flexibility index (Phi) is 6.06. The van der Waals surface area contributed by atoms with Gasteiger partial charge in [-0.05, 0) is 25.5 Å². The number of likely N-dealkylation sites (N-methyl/N-ethyl adjacent to an activating group) is 1. The fourth-order valence-electron chi connectivity index (χ4n) is 2.40. The van der Waals surface area contributed by atoms with Gasteiger partial charge in [0.05, 0.1) is 11.5 Å². The van der Waals surface area contributed by atoms with Crippen molar-refractivity contribution < 1.29 is 14.5 Å². The van der Waals surface area contributed by atoms with Gasteiger partial charge < -0.3 is 10.2 Å². The van der Waals surface area contributed by atoms with Crippen LogP contribution < -0.4 is 5.32 Å². The molecule has 7 nitrogen and oxygen atoms in total. The molecular weight excluding hydrogens is 334 g/mol. The van der Waals surface area contributed by atoms with Crippen molar-refractivity contribution in [3.8, 4) is 0 Å². The molecule has 0 aliphatic rings. The lowest BCUT2D eigenvalue weighted by molar-refractivity contribution is -0.385. The summed E-state index contributed by atoms with van der Waals surface area (Å²) in [5, 5.41) is 13.5. The zero-order chi connectivity index (χ0) is 19.3. The summed E-state index contributed by atoms with van der Waals surface area (Å²) in [7, 11) is 1.66. The smallest absolute Gasteiger partial charge is 0.273 e. The first-order valence-electron chi connectivity index (χ1n) is 8.10. The Balaban J connectivity index is 1.93. The number of carbonyl (C=O) groups is 2. The van der Waals surface area contributed by atoms with E-state index < -0.39 is 10.8 Å². The molecule has 0 spiro atoms. The molecule has 0 fully saturated rings. The summed E-state index contributed by atoms with van der Waals surface area (Å²) < 4.78 is 0. The van der Waals surface area contributed by atoms with Crippen LogP contribution >= 0.6 is 0 Å². The third-order valence-electron chi connectivity index (χ3n) is 4.03. The Hall–Kier alpha value is -3.22. The third kappa shape index (κ3) is 4.89. The molecule has 0 heterocycles. The number of amides is 2. The van der Waals surface area contributed by atoms with Crippen molar-refractivity contribution in [1.29, 1.82) is 0 Å². The van der Waals surface area contributed by atoms with Gasteiger partial charge in [-0.2, -0.15) is 0 Å². The minimum atomic E-state index is -0.535. The molecular formula is C19H21N3O4. The van der Waals surface area contributed by atoms with Crippen molar-refractivity contribution in [1.82, 2.24) is 10.2 Å². The minimum Gasteiger partial charge on any atom is -0.343 e. The van der Waals surface area contributed by atoms with Gasteiger partial charge >= 0.3 is 0 Å². The zero-order valence-corrected chi connectivity index (χ0v) is 15.0. The monoisotopic (exact) mass is 355 g/mol. The first-order valence-corrected chi connectivity index (χ1v) is 8.10. The van der Waals surface area contributed by atoms with Gasteiger partial charge in [0, 0.05) is 30.8 Å². The molecule has 2 aromatic rings. The number of rotatable bonds is 6. The average molecular weight is 355 g/mol. The normalized spacial score (nSPS) is 10.3. The van der Waals surface area contributed by atoms with Gasteiger partial charge in [-0.1, -0.05) is 35.9 Å². The molecule has 0 aromatic heterocycles. The van der Waals surface area contributed by atoms with Crippen molar-refractivity contribution in [2.75, 3.05) is 13.6 Å². The van der Waals surface area contributed by atoms with E-state index in [2.05, 4.69) is 5.32 Å². The topological polar surface area (TPSA) is 92.6 Å². The summed E-state index contributed by atoms with van der Waals surface area (Å²) in [6.45, 7) is 3.85. The molecule has 2 amide bonds. The highest BCUT2D eigenvalue weighted by Crippen LogP contribution is 2.19. The van der Waals surface area contributed by atoms with Crippen LogP contribution in [0, 0.1) is 24.0 Å². The highest BCUT2D eigenvalue weighted by molar-refractivity contribution is 5.97. The van der Waals surface area contributed by atoms with E-state index in [1.807, 2.05) is 31.2 Å². The minimum absolute atomic E-state index is 0.125. The number of nitro benzene ring substituents is 1. The van der Waals surface area contributed by atoms with E-state index in [0.717, 1.165) is 11.1 Å². The molecule has 0 saturated heterocycles. The van der Waals surface area contributed by atoms with E-state index in [1.165, 1.54) is 23.1 Å². The maximum absolute atomic E-state index is 12.2. The van der Waals surface area contributed by atoms with Gasteiger partial charge in [-0.15, -0.1) is 0 Å². The zero-order valence-electron chi connectivity index (χ0n) is 15.0. The largest absolute Gasteiger partial charge is 0.343 e. The lowest BCUT2D eigenvalue weighted by atomic mass is 10.1. The Morgan fingerprint density at radius 1 is 1.12 bits per heavy atom. The van der Waals surface area contributed by atoms with Crippen LogP contribution in [0.25, 0.3) is 0 Å². The van der Waals surface area contributed by atoms with Gasteiger partial charge in [0.25, 0.3) is 11.6 Å². The number of benzene rings is 2. The number of hydrogen-bond acceptors (Lipinski definition) is 4. The fraction of sp³-hybridized carbons (Fsp3) is 0.263. The van der Waals surface area contributed by atoms with Gasteiger partial charge in [0.15, 0.2) is 0 Å². The van der Waals surface area contributed by atoms with Gasteiger partial charge in [-0.3, -0.25) is 19.7 Å². The maximum atomic E-state index is 12.2. The number of nitrogens with one attached hydrogen (secondary N) is 1. The number of nitrogens with zero attached hydrogens (tertiary/aromatic N) is 2. The SMILES string of the molecule is Cc1ccc(CN(C)C(=O)CNC(=O)c2ccc(C)c([N+](=O)[O-])c2)cc1. The van der Waals surface area contributed by atoms with Crippen LogP contribution in [0.1, 0.15) is 27.0 Å². The van der Waals surface area contributed by atoms with E-state index in [9.17, 15) is 19.7 Å². The number of aryl methyl sites for hydroxylation is 2. The summed E-state index contributed by atoms with van der Waals surface area (Å²) in [6, 6.07) is 12.1. The maximum Gasteiger partial charge on any atom is 0.273 e. The predicted octanol–water partition coefficient (Wildman–Crippen LogP) is 2.60. The molecule has 0 bridgehead atoms. The molecule has 7 heteroatoms. The molecule has 1 N–H and O–H groups in total. The molecule has 0 unspecified atom stereocenters. The summed E-state index contributed by atoms with van der Waals surface area (Å²) in [6.07, 6.45) is 0. The molecule has 0 aliphatic heterocycles. The van der Waals surface area contributed by atoms with Gasteiger partial charge in [0.1, 0.15) is 0 Å². The first-order chi connectivity index (χ1) is 12.3. The van der Waals surface area contributed by atoms with E-state index in [4.69, 9.17) is 0 Å². The van der Waals surface area contributed by atoms with Crippen LogP contribution in [-0.2, 0) is 11.3 Å². The van der Waals surface area contributed by atoms with E-state index >= 15 is 0 Å². The van der Waals surface area contributed by atoms with Crippen LogP contribution in [0.2, 0.25) is 0 Å². The molecule has 2 rings (SSSR count). The van der Waals surface area contributed by atoms with Crippen LogP contribution in [0.15, 0.2) is 42.5 Å². The molecule has 26 heavy (non-hydrogen) atoms. The van der Waals surface area contributed by atoms with Crippen molar-refractivity contribution in [2.24, 2.45) is 0 Å². The van der Waals surface area contributed by atoms with Gasteiger partial charge in [-0.25, -0.2) is 0 Å². The second-order valence-corrected chi connectivity index (χ2v) is 6.18. The molecule has 0 radical (unpaired) electrons. The van der Waals surface area contributed by atoms with Crippen molar-refractivity contribution >= 4 is 17.5 Å². The Labute approximate surface area is 151 Å². The Morgan fingerprint density at radius 3 is 2.38 bits per heavy atom. The van der Waals surface area contributed by atoms with Crippen LogP contribution in [0.4, 0.5) is 5.69 Å².